The molecule has 0 aliphatic rings. The molecule has 0 heterocycles. The Morgan fingerprint density at radius 3 is 2.17 bits per heavy atom. The van der Waals surface area contributed by atoms with Gasteiger partial charge in [0.1, 0.15) is 0 Å². The van der Waals surface area contributed by atoms with Crippen molar-refractivity contribution in [3.05, 3.63) is 30.4 Å². The van der Waals surface area contributed by atoms with Gasteiger partial charge in [-0.2, -0.15) is 0 Å². The van der Waals surface area contributed by atoms with Crippen molar-refractivity contribution < 1.29 is 0 Å². The number of alkyl halides is 2. The van der Waals surface area contributed by atoms with Gasteiger partial charge in [0.2, 0.25) is 0 Å². The van der Waals surface area contributed by atoms with Crippen LogP contribution in [-0.4, -0.2) is 0 Å². The zero-order valence-electron chi connectivity index (χ0n) is 6.08. The molecule has 0 aromatic heterocycles. The number of hydrogen-bond donors (Lipinski definition) is 0. The van der Waals surface area contributed by atoms with Gasteiger partial charge in [0.25, 0.3) is 0 Å². The maximum Gasteiger partial charge on any atom is 0.0303 e. The molecule has 4 heteroatoms. The van der Waals surface area contributed by atoms with E-state index in [1.807, 2.05) is 0 Å². The van der Waals surface area contributed by atoms with Gasteiger partial charge >= 0.3 is 0 Å². The van der Waals surface area contributed by atoms with E-state index in [1.54, 1.807) is 0 Å². The highest BCUT2D eigenvalue weighted by Gasteiger charge is 2.04. The minimum Gasteiger partial charge on any atom is -0.0812 e. The Kier molecular flexibility index (Phi) is 5.99. The Bertz CT molecular complexity index is 283. The lowest BCUT2D eigenvalue weighted by Gasteiger charge is -2.05. The van der Waals surface area contributed by atoms with Gasteiger partial charge in [-0.05, 0) is 62.4 Å². The van der Waals surface area contributed by atoms with Crippen LogP contribution in [0.25, 0.3) is 0 Å². The predicted octanol–water partition coefficient (Wildman–Crippen LogP) is 4.77. The fourth-order valence-electron chi connectivity index (χ4n) is 0.883. The van der Waals surface area contributed by atoms with Gasteiger partial charge in [-0.15, -0.1) is 0 Å². The average Bonchev–Trinajstić information content (AvgIpc) is 2.09. The minimum absolute atomic E-state index is 1.11. The molecule has 12 heavy (non-hydrogen) atoms. The fourth-order valence-corrected chi connectivity index (χ4v) is 3.90. The highest BCUT2D eigenvalue weighted by atomic mass is 127. The van der Waals surface area contributed by atoms with Crippen molar-refractivity contribution in [3.8, 4) is 0 Å². The summed E-state index contributed by atoms with van der Waals surface area (Å²) in [6, 6.07) is 4.58. The fraction of sp³-hybridized carbons (Fsp3) is 0.250. The molecule has 0 radical (unpaired) electrons. The first-order valence-corrected chi connectivity index (χ1v) is 8.48. The molecule has 1 aromatic rings. The van der Waals surface area contributed by atoms with Crippen molar-refractivity contribution in [1.82, 2.24) is 0 Å². The van der Waals surface area contributed by atoms with E-state index in [0.717, 1.165) is 8.86 Å². The maximum absolute atomic E-state index is 2.42. The molecule has 0 nitrogen and oxygen atoms in total. The second-order valence-electron chi connectivity index (χ2n) is 2.32. The van der Waals surface area contributed by atoms with Gasteiger partial charge in [-0.25, -0.2) is 0 Å². The highest BCUT2D eigenvalue weighted by molar-refractivity contribution is 14.1. The largest absolute Gasteiger partial charge is 0.0812 e. The lowest BCUT2D eigenvalue weighted by Crippen LogP contribution is -1.91. The van der Waals surface area contributed by atoms with Crippen molar-refractivity contribution in [2.45, 2.75) is 8.86 Å². The second kappa shape index (κ2) is 5.89. The summed E-state index contributed by atoms with van der Waals surface area (Å²) >= 11 is 9.66. The maximum atomic E-state index is 2.42. The summed E-state index contributed by atoms with van der Waals surface area (Å²) in [5.41, 5.74) is 2.90. The van der Waals surface area contributed by atoms with Crippen LogP contribution in [0, 0.1) is 7.14 Å². The lowest BCUT2D eigenvalue weighted by atomic mass is 10.2. The Morgan fingerprint density at radius 1 is 1.00 bits per heavy atom. The average molecular weight is 610 g/mol. The summed E-state index contributed by atoms with van der Waals surface area (Å²) in [4.78, 5) is 0. The molecule has 1 aromatic carbocycles. The minimum atomic E-state index is 1.11. The van der Waals surface area contributed by atoms with Gasteiger partial charge in [0, 0.05) is 16.0 Å². The number of benzene rings is 1. The third-order valence-electron chi connectivity index (χ3n) is 1.46. The molecule has 0 bridgehead atoms. The topological polar surface area (TPSA) is 0 Å². The van der Waals surface area contributed by atoms with Crippen molar-refractivity contribution in [2.24, 2.45) is 0 Å². The molecule has 66 valence electrons. The highest BCUT2D eigenvalue weighted by Crippen LogP contribution is 2.24. The smallest absolute Gasteiger partial charge is 0.0303 e. The molecule has 0 aliphatic heterocycles. The molecule has 0 unspecified atom stereocenters. The summed E-state index contributed by atoms with van der Waals surface area (Å²) in [6.07, 6.45) is 0. The molecule has 0 amide bonds. The SMILES string of the molecule is ICc1cc(I)c(I)c(CI)c1. The summed E-state index contributed by atoms with van der Waals surface area (Å²) < 4.78 is 5.01. The molecule has 0 saturated carbocycles. The molecule has 1 rings (SSSR count). The number of rotatable bonds is 2. The Hall–Kier alpha value is 2.14. The van der Waals surface area contributed by atoms with Crippen molar-refractivity contribution in [2.75, 3.05) is 0 Å². The van der Waals surface area contributed by atoms with Crippen molar-refractivity contribution in [3.63, 3.8) is 0 Å². The Labute approximate surface area is 127 Å². The van der Waals surface area contributed by atoms with E-state index in [4.69, 9.17) is 0 Å². The van der Waals surface area contributed by atoms with Crippen molar-refractivity contribution in [1.29, 1.82) is 0 Å². The van der Waals surface area contributed by atoms with E-state index in [9.17, 15) is 0 Å². The summed E-state index contributed by atoms with van der Waals surface area (Å²) in [6.45, 7) is 0. The van der Waals surface area contributed by atoms with Crippen LogP contribution in [0.3, 0.4) is 0 Å². The van der Waals surface area contributed by atoms with Crippen LogP contribution in [0.4, 0.5) is 0 Å². The van der Waals surface area contributed by atoms with Gasteiger partial charge in [-0.3, -0.25) is 0 Å². The molecular weight excluding hydrogens is 604 g/mol. The number of hydrogen-bond acceptors (Lipinski definition) is 0. The second-order valence-corrected chi connectivity index (χ2v) is 6.08. The third kappa shape index (κ3) is 3.07. The van der Waals surface area contributed by atoms with E-state index in [1.165, 1.54) is 18.3 Å². The first-order chi connectivity index (χ1) is 5.69. The van der Waals surface area contributed by atoms with E-state index < -0.39 is 0 Å². The summed E-state index contributed by atoms with van der Waals surface area (Å²) in [7, 11) is 0. The Morgan fingerprint density at radius 2 is 1.67 bits per heavy atom. The molecular formula is C8H6I4. The van der Waals surface area contributed by atoms with Gasteiger partial charge in [0.15, 0.2) is 0 Å². The summed E-state index contributed by atoms with van der Waals surface area (Å²) in [5, 5.41) is 0. The van der Waals surface area contributed by atoms with Crippen LogP contribution in [0.2, 0.25) is 0 Å². The molecule has 0 spiro atoms. The number of halogens is 4. The third-order valence-corrected chi connectivity index (χ3v) is 6.32. The monoisotopic (exact) mass is 610 g/mol. The molecule has 0 atom stereocenters. The molecule has 0 saturated heterocycles. The van der Waals surface area contributed by atoms with Gasteiger partial charge < -0.3 is 0 Å². The molecule has 0 aliphatic carbocycles. The van der Waals surface area contributed by atoms with Crippen LogP contribution in [-0.2, 0) is 8.86 Å². The standard InChI is InChI=1S/C8H6I4/c9-3-5-1-6(4-10)8(12)7(11)2-5/h1-2H,3-4H2. The van der Waals surface area contributed by atoms with E-state index in [2.05, 4.69) is 102 Å². The van der Waals surface area contributed by atoms with Crippen LogP contribution < -0.4 is 0 Å². The van der Waals surface area contributed by atoms with E-state index in [-0.39, 0.29) is 0 Å². The van der Waals surface area contributed by atoms with Crippen LogP contribution >= 0.6 is 90.4 Å². The molecule has 0 fully saturated rings. The normalized spacial score (nSPS) is 10.3. The zero-order valence-corrected chi connectivity index (χ0v) is 14.7. The predicted molar refractivity (Wildman–Crippen MR) is 87.3 cm³/mol. The molecule has 0 N–H and O–H groups in total. The first kappa shape index (κ1) is 12.2. The Balaban J connectivity index is 3.19. The van der Waals surface area contributed by atoms with Crippen LogP contribution in [0.15, 0.2) is 12.1 Å². The zero-order chi connectivity index (χ0) is 9.14. The van der Waals surface area contributed by atoms with Crippen LogP contribution in [0.1, 0.15) is 11.1 Å². The van der Waals surface area contributed by atoms with Crippen LogP contribution in [0.5, 0.6) is 0 Å². The van der Waals surface area contributed by atoms with Crippen molar-refractivity contribution >= 4 is 90.4 Å². The van der Waals surface area contributed by atoms with Gasteiger partial charge in [-0.1, -0.05) is 51.2 Å². The summed E-state index contributed by atoms with van der Waals surface area (Å²) in [5.74, 6) is 0. The van der Waals surface area contributed by atoms with E-state index >= 15 is 0 Å². The lowest BCUT2D eigenvalue weighted by molar-refractivity contribution is 1.32. The first-order valence-electron chi connectivity index (χ1n) is 3.27. The van der Waals surface area contributed by atoms with Gasteiger partial charge in [0.05, 0.1) is 0 Å². The van der Waals surface area contributed by atoms with E-state index in [0.29, 0.717) is 0 Å². The quantitative estimate of drug-likeness (QED) is 0.335.